The van der Waals surface area contributed by atoms with Gasteiger partial charge in [0.15, 0.2) is 0 Å². The molecule has 26 heavy (non-hydrogen) atoms. The van der Waals surface area contributed by atoms with Gasteiger partial charge in [-0.3, -0.25) is 19.3 Å². The van der Waals surface area contributed by atoms with E-state index in [1.54, 1.807) is 6.92 Å². The first-order valence-corrected chi connectivity index (χ1v) is 10.4. The molecule has 1 aromatic rings. The summed E-state index contributed by atoms with van der Waals surface area (Å²) in [4.78, 5) is 39.8. The Morgan fingerprint density at radius 2 is 1.62 bits per heavy atom. The van der Waals surface area contributed by atoms with Crippen LogP contribution in [0.1, 0.15) is 13.3 Å². The van der Waals surface area contributed by atoms with Crippen molar-refractivity contribution in [3.63, 3.8) is 0 Å². The van der Waals surface area contributed by atoms with E-state index < -0.39 is 17.8 Å². The summed E-state index contributed by atoms with van der Waals surface area (Å²) in [5.41, 5.74) is 0.420. The predicted octanol–water partition coefficient (Wildman–Crippen LogP) is 2.93. The molecule has 1 aromatic carbocycles. The predicted molar refractivity (Wildman–Crippen MR) is 100 cm³/mol. The fraction of sp³-hybridized carbons (Fsp3) is 0.500. The van der Waals surface area contributed by atoms with Gasteiger partial charge < -0.3 is 5.32 Å². The van der Waals surface area contributed by atoms with E-state index in [0.717, 1.165) is 11.3 Å². The topological polar surface area (TPSA) is 66.5 Å². The van der Waals surface area contributed by atoms with Crippen LogP contribution in [0.4, 0.5) is 10.1 Å². The smallest absolute Gasteiger partial charge is 0.247 e. The molecule has 3 aliphatic rings. The van der Waals surface area contributed by atoms with Crippen molar-refractivity contribution in [2.75, 3.05) is 5.32 Å². The van der Waals surface area contributed by atoms with E-state index in [2.05, 4.69) is 37.2 Å². The fourth-order valence-electron chi connectivity index (χ4n) is 4.65. The summed E-state index contributed by atoms with van der Waals surface area (Å²) in [6.07, 6.45) is 0.850. The van der Waals surface area contributed by atoms with Gasteiger partial charge in [-0.05, 0) is 49.4 Å². The zero-order valence-corrected chi connectivity index (χ0v) is 17.0. The van der Waals surface area contributed by atoms with E-state index in [9.17, 15) is 18.8 Å². The first-order valence-electron chi connectivity index (χ1n) is 8.52. The Bertz CT molecular complexity index is 755. The van der Waals surface area contributed by atoms with Crippen LogP contribution < -0.4 is 5.32 Å². The van der Waals surface area contributed by atoms with Crippen LogP contribution in [0.3, 0.4) is 0 Å². The lowest BCUT2D eigenvalue weighted by Gasteiger charge is -2.28. The third kappa shape index (κ3) is 2.56. The van der Waals surface area contributed by atoms with E-state index in [1.807, 2.05) is 0 Å². The molecule has 1 N–H and O–H groups in total. The molecule has 0 radical (unpaired) electrons. The number of rotatable bonds is 3. The van der Waals surface area contributed by atoms with Crippen molar-refractivity contribution in [3.05, 3.63) is 30.1 Å². The molecule has 2 saturated carbocycles. The van der Waals surface area contributed by atoms with Gasteiger partial charge in [-0.15, -0.1) is 0 Å². The van der Waals surface area contributed by atoms with E-state index in [4.69, 9.17) is 0 Å². The lowest BCUT2D eigenvalue weighted by atomic mass is 9.81. The molecule has 8 heteroatoms. The summed E-state index contributed by atoms with van der Waals surface area (Å²) in [7, 11) is 0. The zero-order chi connectivity index (χ0) is 18.7. The van der Waals surface area contributed by atoms with Gasteiger partial charge in [0.25, 0.3) is 0 Å². The van der Waals surface area contributed by atoms with E-state index in [0.29, 0.717) is 5.69 Å². The highest BCUT2D eigenvalue weighted by atomic mass is 79.9. The number of carbonyl (C=O) groups excluding carboxylic acids is 3. The molecule has 3 fully saturated rings. The summed E-state index contributed by atoms with van der Waals surface area (Å²) >= 11 is 7.28. The highest BCUT2D eigenvalue weighted by Gasteiger charge is 2.67. The van der Waals surface area contributed by atoms with Crippen LogP contribution in [0.25, 0.3) is 0 Å². The summed E-state index contributed by atoms with van der Waals surface area (Å²) in [6.45, 7) is 1.55. The number of hydrogen-bond donors (Lipinski definition) is 1. The molecule has 2 bridgehead atoms. The van der Waals surface area contributed by atoms with Crippen molar-refractivity contribution in [2.45, 2.75) is 29.0 Å². The Morgan fingerprint density at radius 1 is 1.12 bits per heavy atom. The number of anilines is 1. The molecule has 7 atom stereocenters. The minimum absolute atomic E-state index is 0.114. The quantitative estimate of drug-likeness (QED) is 0.526. The minimum atomic E-state index is -0.910. The van der Waals surface area contributed by atoms with Crippen molar-refractivity contribution in [1.29, 1.82) is 0 Å². The Balaban J connectivity index is 1.53. The molecule has 138 valence electrons. The number of fused-ring (bicyclic) bond motifs is 5. The van der Waals surface area contributed by atoms with Gasteiger partial charge in [0.1, 0.15) is 11.9 Å². The Kier molecular flexibility index (Phi) is 4.46. The number of likely N-dealkylation sites (tertiary alicyclic amines) is 1. The van der Waals surface area contributed by atoms with Gasteiger partial charge in [-0.2, -0.15) is 0 Å². The van der Waals surface area contributed by atoms with Gasteiger partial charge >= 0.3 is 0 Å². The largest absolute Gasteiger partial charge is 0.324 e. The minimum Gasteiger partial charge on any atom is -0.324 e. The molecular formula is C18H17Br2FN2O3. The number of halogens is 3. The standard InChI is InChI=1S/C18H17Br2FN2O3/c1-7(16(24)22-9-4-2-8(21)3-5-9)23-17(25)12-10-6-11(13(12)18(23)26)15(20)14(10)19/h2-5,7,10-15H,6H2,1H3,(H,22,24)/t7-,10-,11-,12-,13-,14-,15+/m0/s1. The van der Waals surface area contributed by atoms with Crippen LogP contribution in [-0.2, 0) is 14.4 Å². The molecule has 0 aromatic heterocycles. The molecule has 5 nitrogen and oxygen atoms in total. The maximum absolute atomic E-state index is 13.0. The monoisotopic (exact) mass is 486 g/mol. The van der Waals surface area contributed by atoms with Crippen LogP contribution in [-0.4, -0.2) is 38.3 Å². The molecule has 1 aliphatic heterocycles. The third-order valence-electron chi connectivity index (χ3n) is 5.90. The number of benzene rings is 1. The first kappa shape index (κ1) is 18.1. The fourth-order valence-corrected chi connectivity index (χ4v) is 6.52. The zero-order valence-electron chi connectivity index (χ0n) is 13.9. The first-order chi connectivity index (χ1) is 12.3. The summed E-state index contributed by atoms with van der Waals surface area (Å²) in [6, 6.07) is 4.44. The SMILES string of the molecule is C[C@@H](C(=O)Nc1ccc(F)cc1)N1C(=O)[C@H]2[C@@H]3C[C@H]([C@@H](Br)[C@H]3Br)[C@@H]2C1=O. The number of nitrogens with zero attached hydrogens (tertiary/aromatic N) is 1. The molecule has 2 aliphatic carbocycles. The van der Waals surface area contributed by atoms with Crippen LogP contribution in [0, 0.1) is 29.5 Å². The molecule has 4 rings (SSSR count). The van der Waals surface area contributed by atoms with Gasteiger partial charge in [-0.1, -0.05) is 31.9 Å². The second kappa shape index (κ2) is 6.41. The summed E-state index contributed by atoms with van der Waals surface area (Å²) < 4.78 is 13.0. The molecule has 0 unspecified atom stereocenters. The van der Waals surface area contributed by atoms with Gasteiger partial charge in [0.2, 0.25) is 17.7 Å². The highest BCUT2D eigenvalue weighted by Crippen LogP contribution is 2.60. The number of nitrogens with one attached hydrogen (secondary N) is 1. The molecule has 1 saturated heterocycles. The van der Waals surface area contributed by atoms with Crippen LogP contribution in [0.15, 0.2) is 24.3 Å². The van der Waals surface area contributed by atoms with Crippen LogP contribution in [0.2, 0.25) is 0 Å². The van der Waals surface area contributed by atoms with Gasteiger partial charge in [-0.25, -0.2) is 4.39 Å². The number of hydrogen-bond acceptors (Lipinski definition) is 3. The number of alkyl halides is 2. The Morgan fingerprint density at radius 3 is 2.12 bits per heavy atom. The maximum Gasteiger partial charge on any atom is 0.247 e. The maximum atomic E-state index is 13.0. The van der Waals surface area contributed by atoms with Crippen LogP contribution in [0.5, 0.6) is 0 Å². The lowest BCUT2D eigenvalue weighted by Crippen LogP contribution is -2.46. The number of imide groups is 1. The van der Waals surface area contributed by atoms with E-state index in [1.165, 1.54) is 24.3 Å². The molecule has 0 spiro atoms. The van der Waals surface area contributed by atoms with E-state index >= 15 is 0 Å². The molecule has 3 amide bonds. The lowest BCUT2D eigenvalue weighted by molar-refractivity contribution is -0.146. The van der Waals surface area contributed by atoms with Crippen LogP contribution >= 0.6 is 31.9 Å². The van der Waals surface area contributed by atoms with Crippen molar-refractivity contribution in [2.24, 2.45) is 23.7 Å². The van der Waals surface area contributed by atoms with Crippen molar-refractivity contribution >= 4 is 55.3 Å². The normalized spacial score (nSPS) is 36.4. The molecular weight excluding hydrogens is 471 g/mol. The number of amides is 3. The average molecular weight is 488 g/mol. The highest BCUT2D eigenvalue weighted by molar-refractivity contribution is 9.12. The van der Waals surface area contributed by atoms with Crippen molar-refractivity contribution < 1.29 is 18.8 Å². The Hall–Kier alpha value is -1.28. The van der Waals surface area contributed by atoms with Crippen molar-refractivity contribution in [3.8, 4) is 0 Å². The summed E-state index contributed by atoms with van der Waals surface area (Å²) in [5.74, 6) is -1.82. The second-order valence-corrected chi connectivity index (χ2v) is 9.34. The summed E-state index contributed by atoms with van der Waals surface area (Å²) in [5, 5.41) is 2.64. The number of carbonyl (C=O) groups is 3. The van der Waals surface area contributed by atoms with Crippen molar-refractivity contribution in [1.82, 2.24) is 4.90 Å². The van der Waals surface area contributed by atoms with Gasteiger partial charge in [0, 0.05) is 15.3 Å². The molecule has 1 heterocycles. The van der Waals surface area contributed by atoms with Gasteiger partial charge in [0.05, 0.1) is 11.8 Å². The van der Waals surface area contributed by atoms with E-state index in [-0.39, 0.29) is 45.1 Å². The third-order valence-corrected chi connectivity index (χ3v) is 9.11. The Labute approximate surface area is 166 Å². The average Bonchev–Trinajstić information content (AvgIpc) is 3.21. The second-order valence-electron chi connectivity index (χ2n) is 7.22.